The Balaban J connectivity index is 1.91. The molecule has 3 rings (SSSR count). The lowest BCUT2D eigenvalue weighted by Crippen LogP contribution is -2.26. The first-order valence-electron chi connectivity index (χ1n) is 6.97. The number of hydrogen-bond acceptors (Lipinski definition) is 5. The van der Waals surface area contributed by atoms with E-state index in [0.717, 1.165) is 48.7 Å². The fourth-order valence-corrected chi connectivity index (χ4v) is 2.58. The molecule has 0 aliphatic carbocycles. The van der Waals surface area contributed by atoms with Gasteiger partial charge < -0.3 is 14.6 Å². The van der Waals surface area contributed by atoms with Crippen LogP contribution in [-0.4, -0.2) is 30.3 Å². The molecule has 2 aromatic rings. The average molecular weight is 273 g/mol. The molecule has 0 bridgehead atoms. The molecular formula is C15H19N3O2. The summed E-state index contributed by atoms with van der Waals surface area (Å²) in [6.07, 6.45) is 2.10. The van der Waals surface area contributed by atoms with E-state index < -0.39 is 0 Å². The van der Waals surface area contributed by atoms with Gasteiger partial charge in [0.2, 0.25) is 11.7 Å². The van der Waals surface area contributed by atoms with Crippen LogP contribution in [0.25, 0.3) is 11.4 Å². The van der Waals surface area contributed by atoms with Gasteiger partial charge in [-0.05, 0) is 45.0 Å². The minimum absolute atomic E-state index is 0.369. The van der Waals surface area contributed by atoms with Gasteiger partial charge in [0.05, 0.1) is 12.7 Å². The third-order valence-electron chi connectivity index (χ3n) is 3.73. The summed E-state index contributed by atoms with van der Waals surface area (Å²) in [4.78, 5) is 4.57. The molecule has 0 saturated carbocycles. The van der Waals surface area contributed by atoms with Crippen molar-refractivity contribution in [3.8, 4) is 17.1 Å². The van der Waals surface area contributed by atoms with Crippen molar-refractivity contribution >= 4 is 0 Å². The molecule has 0 atom stereocenters. The first-order chi connectivity index (χ1) is 9.78. The van der Waals surface area contributed by atoms with Gasteiger partial charge in [0, 0.05) is 5.92 Å². The van der Waals surface area contributed by atoms with Crippen LogP contribution in [0.15, 0.2) is 22.7 Å². The van der Waals surface area contributed by atoms with Crippen molar-refractivity contribution in [3.63, 3.8) is 0 Å². The van der Waals surface area contributed by atoms with Crippen LogP contribution >= 0.6 is 0 Å². The Morgan fingerprint density at radius 1 is 1.30 bits per heavy atom. The van der Waals surface area contributed by atoms with Crippen LogP contribution in [0.4, 0.5) is 0 Å². The standard InChI is InChI=1S/C15H19N3O2/c1-10-3-4-13(19-2)12(9-10)14-17-15(20-18-14)11-5-7-16-8-6-11/h3-4,9,11,16H,5-8H2,1-2H3. The number of aromatic nitrogens is 2. The first kappa shape index (κ1) is 13.1. The Kier molecular flexibility index (Phi) is 3.69. The van der Waals surface area contributed by atoms with Crippen LogP contribution in [-0.2, 0) is 0 Å². The van der Waals surface area contributed by atoms with Crippen molar-refractivity contribution in [1.29, 1.82) is 0 Å². The number of aryl methyl sites for hydroxylation is 1. The van der Waals surface area contributed by atoms with Crippen LogP contribution in [0.5, 0.6) is 5.75 Å². The molecule has 20 heavy (non-hydrogen) atoms. The lowest BCUT2D eigenvalue weighted by molar-refractivity contribution is 0.320. The van der Waals surface area contributed by atoms with Crippen LogP contribution in [0.2, 0.25) is 0 Å². The lowest BCUT2D eigenvalue weighted by Gasteiger charge is -2.18. The Bertz CT molecular complexity index is 589. The number of nitrogens with zero attached hydrogens (tertiary/aromatic N) is 2. The van der Waals surface area contributed by atoms with Crippen molar-refractivity contribution < 1.29 is 9.26 Å². The molecule has 1 aromatic heterocycles. The molecule has 1 aliphatic rings. The van der Waals surface area contributed by atoms with Crippen LogP contribution in [0.3, 0.4) is 0 Å². The Morgan fingerprint density at radius 3 is 2.85 bits per heavy atom. The predicted molar refractivity (Wildman–Crippen MR) is 75.9 cm³/mol. The number of nitrogens with one attached hydrogen (secondary N) is 1. The van der Waals surface area contributed by atoms with E-state index in [0.29, 0.717) is 11.7 Å². The smallest absolute Gasteiger partial charge is 0.230 e. The highest BCUT2D eigenvalue weighted by Gasteiger charge is 2.22. The van der Waals surface area contributed by atoms with E-state index in [-0.39, 0.29) is 0 Å². The summed E-state index contributed by atoms with van der Waals surface area (Å²) < 4.78 is 10.8. The Labute approximate surface area is 118 Å². The minimum Gasteiger partial charge on any atom is -0.496 e. The summed E-state index contributed by atoms with van der Waals surface area (Å²) in [7, 11) is 1.65. The predicted octanol–water partition coefficient (Wildman–Crippen LogP) is 2.52. The second kappa shape index (κ2) is 5.63. The molecular weight excluding hydrogens is 254 g/mol. The number of methoxy groups -OCH3 is 1. The zero-order chi connectivity index (χ0) is 13.9. The monoisotopic (exact) mass is 273 g/mol. The number of ether oxygens (including phenoxy) is 1. The maximum Gasteiger partial charge on any atom is 0.230 e. The third-order valence-corrected chi connectivity index (χ3v) is 3.73. The Hall–Kier alpha value is -1.88. The van der Waals surface area contributed by atoms with Gasteiger partial charge in [0.1, 0.15) is 5.75 Å². The van der Waals surface area contributed by atoms with Gasteiger partial charge in [-0.2, -0.15) is 4.98 Å². The first-order valence-corrected chi connectivity index (χ1v) is 6.97. The second-order valence-corrected chi connectivity index (χ2v) is 5.18. The van der Waals surface area contributed by atoms with E-state index in [4.69, 9.17) is 9.26 Å². The summed E-state index contributed by atoms with van der Waals surface area (Å²) in [6.45, 7) is 4.06. The quantitative estimate of drug-likeness (QED) is 0.931. The van der Waals surface area contributed by atoms with Crippen LogP contribution in [0.1, 0.15) is 30.2 Å². The maximum absolute atomic E-state index is 5.45. The minimum atomic E-state index is 0.369. The van der Waals surface area contributed by atoms with Gasteiger partial charge in [0.15, 0.2) is 0 Å². The van der Waals surface area contributed by atoms with E-state index in [9.17, 15) is 0 Å². The molecule has 1 fully saturated rings. The molecule has 5 nitrogen and oxygen atoms in total. The van der Waals surface area contributed by atoms with Gasteiger partial charge in [0.25, 0.3) is 0 Å². The van der Waals surface area contributed by atoms with Crippen LogP contribution in [0, 0.1) is 6.92 Å². The molecule has 1 aliphatic heterocycles. The number of rotatable bonds is 3. The second-order valence-electron chi connectivity index (χ2n) is 5.18. The highest BCUT2D eigenvalue weighted by molar-refractivity contribution is 5.64. The van der Waals surface area contributed by atoms with Crippen molar-refractivity contribution in [2.75, 3.05) is 20.2 Å². The maximum atomic E-state index is 5.45. The fraction of sp³-hybridized carbons (Fsp3) is 0.467. The molecule has 5 heteroatoms. The highest BCUT2D eigenvalue weighted by Crippen LogP contribution is 2.31. The molecule has 0 spiro atoms. The van der Waals surface area contributed by atoms with Crippen molar-refractivity contribution in [2.45, 2.75) is 25.7 Å². The number of benzene rings is 1. The van der Waals surface area contributed by atoms with Gasteiger partial charge in [-0.3, -0.25) is 0 Å². The van der Waals surface area contributed by atoms with E-state index in [2.05, 4.69) is 15.5 Å². The van der Waals surface area contributed by atoms with E-state index in [1.54, 1.807) is 7.11 Å². The van der Waals surface area contributed by atoms with Crippen LogP contribution < -0.4 is 10.1 Å². The van der Waals surface area contributed by atoms with Crippen molar-refractivity contribution in [1.82, 2.24) is 15.5 Å². The normalized spacial score (nSPS) is 16.3. The van der Waals surface area contributed by atoms with E-state index >= 15 is 0 Å². The van der Waals surface area contributed by atoms with Crippen molar-refractivity contribution in [3.05, 3.63) is 29.7 Å². The molecule has 106 valence electrons. The summed E-state index contributed by atoms with van der Waals surface area (Å²) in [5, 5.41) is 7.46. The fourth-order valence-electron chi connectivity index (χ4n) is 2.58. The molecule has 0 unspecified atom stereocenters. The molecule has 2 heterocycles. The zero-order valence-electron chi connectivity index (χ0n) is 11.8. The molecule has 0 amide bonds. The SMILES string of the molecule is COc1ccc(C)cc1-c1noc(C2CCNCC2)n1. The van der Waals surface area contributed by atoms with Gasteiger partial charge in [-0.1, -0.05) is 16.8 Å². The molecule has 1 N–H and O–H groups in total. The summed E-state index contributed by atoms with van der Waals surface area (Å²) in [5.74, 6) is 2.49. The van der Waals surface area contributed by atoms with Gasteiger partial charge in [-0.15, -0.1) is 0 Å². The highest BCUT2D eigenvalue weighted by atomic mass is 16.5. The molecule has 1 saturated heterocycles. The third kappa shape index (κ3) is 2.54. The van der Waals surface area contributed by atoms with E-state index in [1.165, 1.54) is 0 Å². The largest absolute Gasteiger partial charge is 0.496 e. The summed E-state index contributed by atoms with van der Waals surface area (Å²) >= 11 is 0. The topological polar surface area (TPSA) is 60.2 Å². The van der Waals surface area contributed by atoms with E-state index in [1.807, 2.05) is 25.1 Å². The summed E-state index contributed by atoms with van der Waals surface area (Å²) in [6, 6.07) is 5.97. The zero-order valence-corrected chi connectivity index (χ0v) is 11.8. The van der Waals surface area contributed by atoms with Gasteiger partial charge >= 0.3 is 0 Å². The number of hydrogen-bond donors (Lipinski definition) is 1. The molecule has 0 radical (unpaired) electrons. The average Bonchev–Trinajstić information content (AvgIpc) is 2.98. The molecule has 1 aromatic carbocycles. The Morgan fingerprint density at radius 2 is 2.10 bits per heavy atom. The lowest BCUT2D eigenvalue weighted by atomic mass is 9.98. The van der Waals surface area contributed by atoms with Crippen molar-refractivity contribution in [2.24, 2.45) is 0 Å². The summed E-state index contributed by atoms with van der Waals surface area (Å²) in [5.41, 5.74) is 2.03. The number of piperidine rings is 1. The van der Waals surface area contributed by atoms with Gasteiger partial charge in [-0.25, -0.2) is 0 Å².